The molecule has 4 N–H and O–H groups in total. The molecule has 0 fully saturated rings. The average Bonchev–Trinajstić information content (AvgIpc) is 2.44. The Kier molecular flexibility index (Phi) is 4.72. The lowest BCUT2D eigenvalue weighted by Gasteiger charge is -2.03. The molecule has 20 heavy (non-hydrogen) atoms. The SMILES string of the molecule is NC(=C\c1ccc(Cl)cc1)/C(N)=C/c1ccc(Cl)cc1. The van der Waals surface area contributed by atoms with Gasteiger partial charge in [0, 0.05) is 10.0 Å². The van der Waals surface area contributed by atoms with Crippen LogP contribution in [-0.4, -0.2) is 0 Å². The van der Waals surface area contributed by atoms with Crippen molar-refractivity contribution in [3.05, 3.63) is 81.1 Å². The molecule has 0 aliphatic carbocycles. The minimum Gasteiger partial charge on any atom is -0.397 e. The molecular weight excluding hydrogens is 291 g/mol. The van der Waals surface area contributed by atoms with Gasteiger partial charge in [-0.1, -0.05) is 47.5 Å². The lowest BCUT2D eigenvalue weighted by atomic mass is 10.1. The zero-order valence-electron chi connectivity index (χ0n) is 10.7. The van der Waals surface area contributed by atoms with Crippen LogP contribution in [0.1, 0.15) is 11.1 Å². The van der Waals surface area contributed by atoms with E-state index < -0.39 is 0 Å². The van der Waals surface area contributed by atoms with Crippen molar-refractivity contribution in [3.63, 3.8) is 0 Å². The maximum Gasteiger partial charge on any atom is 0.0554 e. The topological polar surface area (TPSA) is 52.0 Å². The van der Waals surface area contributed by atoms with E-state index >= 15 is 0 Å². The van der Waals surface area contributed by atoms with Gasteiger partial charge in [0.05, 0.1) is 11.4 Å². The van der Waals surface area contributed by atoms with Gasteiger partial charge in [0.1, 0.15) is 0 Å². The minimum absolute atomic E-state index is 0.502. The van der Waals surface area contributed by atoms with E-state index in [1.807, 2.05) is 24.3 Å². The van der Waals surface area contributed by atoms with Crippen LogP contribution in [0.25, 0.3) is 12.2 Å². The van der Waals surface area contributed by atoms with Crippen molar-refractivity contribution in [2.24, 2.45) is 11.5 Å². The van der Waals surface area contributed by atoms with E-state index in [0.29, 0.717) is 21.4 Å². The number of halogens is 2. The summed E-state index contributed by atoms with van der Waals surface area (Å²) in [6.45, 7) is 0. The van der Waals surface area contributed by atoms with E-state index in [9.17, 15) is 0 Å². The summed E-state index contributed by atoms with van der Waals surface area (Å²) in [5.41, 5.74) is 14.8. The number of benzene rings is 2. The third-order valence-electron chi connectivity index (χ3n) is 2.72. The summed E-state index contributed by atoms with van der Waals surface area (Å²) < 4.78 is 0. The summed E-state index contributed by atoms with van der Waals surface area (Å²) in [4.78, 5) is 0. The molecule has 0 heterocycles. The van der Waals surface area contributed by atoms with Gasteiger partial charge < -0.3 is 11.5 Å². The van der Waals surface area contributed by atoms with Gasteiger partial charge in [0.15, 0.2) is 0 Å². The maximum atomic E-state index is 5.97. The van der Waals surface area contributed by atoms with Crippen LogP contribution >= 0.6 is 23.2 Å². The number of hydrogen-bond donors (Lipinski definition) is 2. The number of hydrogen-bond acceptors (Lipinski definition) is 2. The molecule has 4 heteroatoms. The van der Waals surface area contributed by atoms with Gasteiger partial charge in [-0.3, -0.25) is 0 Å². The second kappa shape index (κ2) is 6.51. The number of rotatable bonds is 3. The zero-order valence-corrected chi connectivity index (χ0v) is 12.2. The Morgan fingerprint density at radius 2 is 0.950 bits per heavy atom. The van der Waals surface area contributed by atoms with Gasteiger partial charge in [0.25, 0.3) is 0 Å². The largest absolute Gasteiger partial charge is 0.397 e. The smallest absolute Gasteiger partial charge is 0.0554 e. The Bertz CT molecular complexity index is 582. The first kappa shape index (κ1) is 14.5. The first-order chi connectivity index (χ1) is 9.54. The first-order valence-electron chi connectivity index (χ1n) is 6.00. The van der Waals surface area contributed by atoms with Crippen LogP contribution in [0.2, 0.25) is 10.0 Å². The third kappa shape index (κ3) is 4.05. The molecule has 102 valence electrons. The van der Waals surface area contributed by atoms with Crippen molar-refractivity contribution in [1.82, 2.24) is 0 Å². The highest BCUT2D eigenvalue weighted by Crippen LogP contribution is 2.15. The fourth-order valence-corrected chi connectivity index (χ4v) is 1.90. The van der Waals surface area contributed by atoms with E-state index in [4.69, 9.17) is 34.7 Å². The average molecular weight is 305 g/mol. The van der Waals surface area contributed by atoms with E-state index in [1.165, 1.54) is 0 Å². The predicted molar refractivity (Wildman–Crippen MR) is 87.2 cm³/mol. The van der Waals surface area contributed by atoms with Gasteiger partial charge in [0.2, 0.25) is 0 Å². The fourth-order valence-electron chi connectivity index (χ4n) is 1.64. The molecule has 0 aliphatic rings. The van der Waals surface area contributed by atoms with Crippen molar-refractivity contribution in [2.75, 3.05) is 0 Å². The van der Waals surface area contributed by atoms with Crippen LogP contribution in [0.3, 0.4) is 0 Å². The van der Waals surface area contributed by atoms with Gasteiger partial charge in [-0.05, 0) is 47.5 Å². The van der Waals surface area contributed by atoms with Crippen molar-refractivity contribution >= 4 is 35.4 Å². The van der Waals surface area contributed by atoms with Gasteiger partial charge in [-0.2, -0.15) is 0 Å². The summed E-state index contributed by atoms with van der Waals surface area (Å²) in [5.74, 6) is 0. The van der Waals surface area contributed by atoms with E-state index in [2.05, 4.69) is 0 Å². The van der Waals surface area contributed by atoms with E-state index in [0.717, 1.165) is 11.1 Å². The Balaban J connectivity index is 2.21. The molecule has 0 radical (unpaired) electrons. The zero-order chi connectivity index (χ0) is 14.5. The monoisotopic (exact) mass is 304 g/mol. The molecule has 0 bridgehead atoms. The van der Waals surface area contributed by atoms with Gasteiger partial charge >= 0.3 is 0 Å². The third-order valence-corrected chi connectivity index (χ3v) is 3.22. The summed E-state index contributed by atoms with van der Waals surface area (Å²) >= 11 is 11.7. The second-order valence-electron chi connectivity index (χ2n) is 4.30. The first-order valence-corrected chi connectivity index (χ1v) is 6.76. The van der Waals surface area contributed by atoms with Crippen LogP contribution in [-0.2, 0) is 0 Å². The molecule has 0 atom stereocenters. The maximum absolute atomic E-state index is 5.97. The van der Waals surface area contributed by atoms with Crippen LogP contribution in [0, 0.1) is 0 Å². The highest BCUT2D eigenvalue weighted by atomic mass is 35.5. The molecule has 0 saturated heterocycles. The summed E-state index contributed by atoms with van der Waals surface area (Å²) in [7, 11) is 0. The molecule has 0 unspecified atom stereocenters. The van der Waals surface area contributed by atoms with Crippen LogP contribution in [0.15, 0.2) is 59.9 Å². The Labute approximate surface area is 128 Å². The van der Waals surface area contributed by atoms with Crippen molar-refractivity contribution in [2.45, 2.75) is 0 Å². The van der Waals surface area contributed by atoms with Crippen LogP contribution in [0.5, 0.6) is 0 Å². The molecule has 2 aromatic rings. The quantitative estimate of drug-likeness (QED) is 0.831. The molecule has 0 aliphatic heterocycles. The minimum atomic E-state index is 0.502. The molecule has 2 aromatic carbocycles. The van der Waals surface area contributed by atoms with Crippen LogP contribution < -0.4 is 11.5 Å². The predicted octanol–water partition coefficient (Wildman–Crippen LogP) is 4.29. The van der Waals surface area contributed by atoms with Crippen molar-refractivity contribution < 1.29 is 0 Å². The standard InChI is InChI=1S/C16H14Cl2N2/c17-13-5-1-11(2-6-13)9-15(19)16(20)10-12-3-7-14(18)8-4-12/h1-10H,19-20H2/b15-9-,16-10-. The molecule has 2 rings (SSSR count). The summed E-state index contributed by atoms with van der Waals surface area (Å²) in [6, 6.07) is 14.7. The van der Waals surface area contributed by atoms with Crippen molar-refractivity contribution in [1.29, 1.82) is 0 Å². The Morgan fingerprint density at radius 3 is 1.25 bits per heavy atom. The van der Waals surface area contributed by atoms with E-state index in [1.54, 1.807) is 36.4 Å². The molecule has 2 nitrogen and oxygen atoms in total. The summed E-state index contributed by atoms with van der Waals surface area (Å²) in [5, 5.41) is 1.37. The normalized spacial score (nSPS) is 12.5. The van der Waals surface area contributed by atoms with Gasteiger partial charge in [-0.15, -0.1) is 0 Å². The lowest BCUT2D eigenvalue weighted by Crippen LogP contribution is -2.08. The number of nitrogens with two attached hydrogens (primary N) is 2. The molecule has 0 saturated carbocycles. The highest BCUT2D eigenvalue weighted by Gasteiger charge is 1.98. The molecule has 0 amide bonds. The Hall–Kier alpha value is -1.90. The second-order valence-corrected chi connectivity index (χ2v) is 5.18. The van der Waals surface area contributed by atoms with Gasteiger partial charge in [-0.25, -0.2) is 0 Å². The molecular formula is C16H14Cl2N2. The fraction of sp³-hybridized carbons (Fsp3) is 0. The van der Waals surface area contributed by atoms with E-state index in [-0.39, 0.29) is 0 Å². The molecule has 0 aromatic heterocycles. The lowest BCUT2D eigenvalue weighted by molar-refractivity contribution is 1.28. The summed E-state index contributed by atoms with van der Waals surface area (Å²) in [6.07, 6.45) is 3.61. The van der Waals surface area contributed by atoms with Crippen LogP contribution in [0.4, 0.5) is 0 Å². The highest BCUT2D eigenvalue weighted by molar-refractivity contribution is 6.30. The molecule has 0 spiro atoms. The van der Waals surface area contributed by atoms with Crippen molar-refractivity contribution in [3.8, 4) is 0 Å². The Morgan fingerprint density at radius 1 is 0.650 bits per heavy atom.